The van der Waals surface area contributed by atoms with Gasteiger partial charge in [0.1, 0.15) is 5.25 Å². The van der Waals surface area contributed by atoms with Crippen LogP contribution in [0.25, 0.3) is 0 Å². The van der Waals surface area contributed by atoms with Gasteiger partial charge in [0.15, 0.2) is 9.84 Å². The second-order valence-electron chi connectivity index (χ2n) is 4.84. The molecule has 0 spiro atoms. The Labute approximate surface area is 113 Å². The number of benzene rings is 1. The van der Waals surface area contributed by atoms with E-state index in [9.17, 15) is 13.2 Å². The monoisotopic (exact) mass is 282 g/mol. The van der Waals surface area contributed by atoms with Crippen LogP contribution in [0, 0.1) is 0 Å². The molecule has 2 rings (SSSR count). The third kappa shape index (κ3) is 2.89. The quantitative estimate of drug-likeness (QED) is 0.826. The van der Waals surface area contributed by atoms with Gasteiger partial charge in [-0.3, -0.25) is 4.79 Å². The molecule has 0 aliphatic carbocycles. The number of carbonyl (C=O) groups is 1. The highest BCUT2D eigenvalue weighted by molar-refractivity contribution is 7.92. The Bertz CT molecular complexity index is 566. The number of nitrogens with zero attached hydrogens (tertiary/aromatic N) is 1. The van der Waals surface area contributed by atoms with Crippen molar-refractivity contribution >= 4 is 27.1 Å². The minimum atomic E-state index is -3.30. The van der Waals surface area contributed by atoms with E-state index in [-0.39, 0.29) is 11.7 Å². The fourth-order valence-electron chi connectivity index (χ4n) is 2.27. The van der Waals surface area contributed by atoms with Gasteiger partial charge in [-0.15, -0.1) is 0 Å². The predicted molar refractivity (Wildman–Crippen MR) is 75.7 cm³/mol. The number of anilines is 2. The van der Waals surface area contributed by atoms with Gasteiger partial charge in [-0.25, -0.2) is 8.42 Å². The Kier molecular flexibility index (Phi) is 3.80. The van der Waals surface area contributed by atoms with E-state index in [1.807, 2.05) is 0 Å². The van der Waals surface area contributed by atoms with Crippen molar-refractivity contribution in [3.63, 3.8) is 0 Å². The molecule has 1 unspecified atom stereocenters. The van der Waals surface area contributed by atoms with Gasteiger partial charge in [0.05, 0.1) is 5.75 Å². The van der Waals surface area contributed by atoms with Crippen LogP contribution in [0.3, 0.4) is 0 Å². The lowest BCUT2D eigenvalue weighted by Crippen LogP contribution is -2.43. The molecule has 2 N–H and O–H groups in total. The zero-order valence-corrected chi connectivity index (χ0v) is 11.7. The highest BCUT2D eigenvalue weighted by Gasteiger charge is 2.36. The van der Waals surface area contributed by atoms with Crippen LogP contribution in [0.4, 0.5) is 11.4 Å². The smallest absolute Gasteiger partial charge is 0.245 e. The second-order valence-corrected chi connectivity index (χ2v) is 7.14. The van der Waals surface area contributed by atoms with Crippen LogP contribution in [0.15, 0.2) is 24.3 Å². The molecule has 0 saturated carbocycles. The van der Waals surface area contributed by atoms with E-state index in [1.165, 1.54) is 4.90 Å². The molecule has 1 aromatic rings. The van der Waals surface area contributed by atoms with Gasteiger partial charge in [0.25, 0.3) is 0 Å². The fraction of sp³-hybridized carbons (Fsp3) is 0.462. The van der Waals surface area contributed by atoms with Crippen LogP contribution in [-0.4, -0.2) is 32.4 Å². The highest BCUT2D eigenvalue weighted by atomic mass is 32.2. The standard InChI is InChI=1S/C13H18N2O3S/c1-15(11-7-5-10(14)6-8-11)13(16)12-4-2-3-9-19(12,17)18/h5-8,12H,2-4,9,14H2,1H3. The molecule has 5 nitrogen and oxygen atoms in total. The summed E-state index contributed by atoms with van der Waals surface area (Å²) in [5.74, 6) is -0.247. The lowest BCUT2D eigenvalue weighted by atomic mass is 10.1. The molecule has 0 radical (unpaired) electrons. The van der Waals surface area contributed by atoms with Crippen molar-refractivity contribution in [2.24, 2.45) is 0 Å². The fourth-order valence-corrected chi connectivity index (χ4v) is 4.16. The number of hydrogen-bond donors (Lipinski definition) is 1. The van der Waals surface area contributed by atoms with Crippen molar-refractivity contribution in [3.8, 4) is 0 Å². The van der Waals surface area contributed by atoms with Gasteiger partial charge < -0.3 is 10.6 Å². The summed E-state index contributed by atoms with van der Waals surface area (Å²) in [6.45, 7) is 0. The maximum Gasteiger partial charge on any atom is 0.245 e. The average molecular weight is 282 g/mol. The zero-order chi connectivity index (χ0) is 14.0. The van der Waals surface area contributed by atoms with Crippen LogP contribution in [0.5, 0.6) is 0 Å². The van der Waals surface area contributed by atoms with Crippen LogP contribution in [0.2, 0.25) is 0 Å². The summed E-state index contributed by atoms with van der Waals surface area (Å²) < 4.78 is 23.9. The van der Waals surface area contributed by atoms with Crippen molar-refractivity contribution < 1.29 is 13.2 Å². The Morgan fingerprint density at radius 1 is 1.26 bits per heavy atom. The van der Waals surface area contributed by atoms with E-state index in [0.717, 1.165) is 6.42 Å². The zero-order valence-electron chi connectivity index (χ0n) is 10.9. The summed E-state index contributed by atoms with van der Waals surface area (Å²) in [6.07, 6.45) is 1.85. The molecule has 1 aromatic carbocycles. The van der Waals surface area contributed by atoms with Crippen molar-refractivity contribution in [1.82, 2.24) is 0 Å². The van der Waals surface area contributed by atoms with Gasteiger partial charge >= 0.3 is 0 Å². The maximum atomic E-state index is 12.3. The molecule has 104 valence electrons. The van der Waals surface area contributed by atoms with Crippen LogP contribution >= 0.6 is 0 Å². The predicted octanol–water partition coefficient (Wildman–Crippen LogP) is 1.20. The molecule has 1 fully saturated rings. The Hall–Kier alpha value is -1.56. The van der Waals surface area contributed by atoms with E-state index in [0.29, 0.717) is 24.2 Å². The third-order valence-electron chi connectivity index (χ3n) is 3.47. The first kappa shape index (κ1) is 13.9. The van der Waals surface area contributed by atoms with Crippen molar-refractivity contribution in [2.75, 3.05) is 23.4 Å². The Morgan fingerprint density at radius 3 is 2.47 bits per heavy atom. The molecule has 1 atom stereocenters. The normalized spacial score (nSPS) is 21.8. The number of rotatable bonds is 2. The Morgan fingerprint density at radius 2 is 1.89 bits per heavy atom. The summed E-state index contributed by atoms with van der Waals surface area (Å²) in [5, 5.41) is -0.899. The molecular formula is C13H18N2O3S. The van der Waals surface area contributed by atoms with E-state index in [2.05, 4.69) is 0 Å². The first-order chi connectivity index (χ1) is 8.92. The molecular weight excluding hydrogens is 264 g/mol. The largest absolute Gasteiger partial charge is 0.399 e. The number of amides is 1. The van der Waals surface area contributed by atoms with E-state index in [1.54, 1.807) is 31.3 Å². The third-order valence-corrected chi connectivity index (χ3v) is 5.63. The summed E-state index contributed by atoms with van der Waals surface area (Å²) >= 11 is 0. The Balaban J connectivity index is 2.21. The SMILES string of the molecule is CN(C(=O)C1CCCCS1(=O)=O)c1ccc(N)cc1. The number of hydrogen-bond acceptors (Lipinski definition) is 4. The van der Waals surface area contributed by atoms with Crippen LogP contribution < -0.4 is 10.6 Å². The van der Waals surface area contributed by atoms with Crippen LogP contribution in [-0.2, 0) is 14.6 Å². The van der Waals surface area contributed by atoms with Gasteiger partial charge in [0.2, 0.25) is 5.91 Å². The molecule has 19 heavy (non-hydrogen) atoms. The molecule has 1 heterocycles. The average Bonchev–Trinajstić information content (AvgIpc) is 2.37. The van der Waals surface area contributed by atoms with Crippen LogP contribution in [0.1, 0.15) is 19.3 Å². The minimum Gasteiger partial charge on any atom is -0.399 e. The van der Waals surface area contributed by atoms with Crippen molar-refractivity contribution in [3.05, 3.63) is 24.3 Å². The van der Waals surface area contributed by atoms with Crippen molar-refractivity contribution in [1.29, 1.82) is 0 Å². The second kappa shape index (κ2) is 5.21. The van der Waals surface area contributed by atoms with Crippen molar-refractivity contribution in [2.45, 2.75) is 24.5 Å². The minimum absolute atomic E-state index is 0.110. The molecule has 6 heteroatoms. The molecule has 1 aliphatic rings. The first-order valence-corrected chi connectivity index (χ1v) is 7.98. The number of nitrogens with two attached hydrogens (primary N) is 1. The lowest BCUT2D eigenvalue weighted by Gasteiger charge is -2.26. The number of sulfone groups is 1. The first-order valence-electron chi connectivity index (χ1n) is 6.26. The molecule has 0 aromatic heterocycles. The topological polar surface area (TPSA) is 80.5 Å². The number of nitrogen functional groups attached to an aromatic ring is 1. The molecule has 1 saturated heterocycles. The maximum absolute atomic E-state index is 12.3. The van der Waals surface area contributed by atoms with Gasteiger partial charge in [-0.2, -0.15) is 0 Å². The van der Waals surface area contributed by atoms with E-state index >= 15 is 0 Å². The lowest BCUT2D eigenvalue weighted by molar-refractivity contribution is -0.118. The summed E-state index contributed by atoms with van der Waals surface area (Å²) in [5.41, 5.74) is 6.85. The summed E-state index contributed by atoms with van der Waals surface area (Å²) in [4.78, 5) is 13.7. The summed E-state index contributed by atoms with van der Waals surface area (Å²) in [6, 6.07) is 6.80. The van der Waals surface area contributed by atoms with Gasteiger partial charge in [0, 0.05) is 18.4 Å². The van der Waals surface area contributed by atoms with Gasteiger partial charge in [-0.05, 0) is 37.1 Å². The van der Waals surface area contributed by atoms with Gasteiger partial charge in [-0.1, -0.05) is 6.42 Å². The summed E-state index contributed by atoms with van der Waals surface area (Å²) in [7, 11) is -1.70. The van der Waals surface area contributed by atoms with E-state index < -0.39 is 15.1 Å². The number of carbonyl (C=O) groups excluding carboxylic acids is 1. The molecule has 1 aliphatic heterocycles. The molecule has 0 bridgehead atoms. The molecule has 1 amide bonds. The highest BCUT2D eigenvalue weighted by Crippen LogP contribution is 2.24. The van der Waals surface area contributed by atoms with E-state index in [4.69, 9.17) is 5.73 Å².